The van der Waals surface area contributed by atoms with E-state index in [9.17, 15) is 27.2 Å². The monoisotopic (exact) mass is 689 g/mol. The van der Waals surface area contributed by atoms with Crippen LogP contribution in [0.2, 0.25) is 0 Å². The molecule has 0 bridgehead atoms. The van der Waals surface area contributed by atoms with Gasteiger partial charge in [-0.05, 0) is 74.0 Å². The van der Waals surface area contributed by atoms with Crippen molar-refractivity contribution in [3.63, 3.8) is 0 Å². The second kappa shape index (κ2) is 14.2. The molecule has 260 valence electrons. The van der Waals surface area contributed by atoms with Crippen LogP contribution in [0.25, 0.3) is 10.9 Å². The number of nitrogens with one attached hydrogen (secondary N) is 1. The summed E-state index contributed by atoms with van der Waals surface area (Å²) in [6.45, 7) is 7.56. The van der Waals surface area contributed by atoms with Gasteiger partial charge in [-0.3, -0.25) is 14.5 Å². The quantitative estimate of drug-likeness (QED) is 0.161. The van der Waals surface area contributed by atoms with Crippen molar-refractivity contribution in [3.8, 4) is 17.4 Å². The second-order valence-electron chi connectivity index (χ2n) is 12.3. The zero-order valence-electron chi connectivity index (χ0n) is 27.6. The Balaban J connectivity index is 1.05. The summed E-state index contributed by atoms with van der Waals surface area (Å²) in [6.07, 6.45) is -3.32. The van der Waals surface area contributed by atoms with Gasteiger partial charge in [-0.1, -0.05) is 12.1 Å². The van der Waals surface area contributed by atoms with Gasteiger partial charge in [-0.2, -0.15) is 13.2 Å². The molecule has 1 aliphatic heterocycles. The van der Waals surface area contributed by atoms with Gasteiger partial charge in [-0.25, -0.2) is 9.37 Å². The lowest BCUT2D eigenvalue weighted by molar-refractivity contribution is -0.137. The summed E-state index contributed by atoms with van der Waals surface area (Å²) < 4.78 is 66.2. The summed E-state index contributed by atoms with van der Waals surface area (Å²) in [5.41, 5.74) is 1.01. The lowest BCUT2D eigenvalue weighted by Gasteiger charge is -2.34. The minimum Gasteiger partial charge on any atom is -0.491 e. The maximum absolute atomic E-state index is 14.2. The van der Waals surface area contributed by atoms with Crippen LogP contribution in [0, 0.1) is 5.82 Å². The smallest absolute Gasteiger partial charge is 0.416 e. The molecule has 50 heavy (non-hydrogen) atoms. The number of anilines is 1. The number of nitrogens with zero attached hydrogens (tertiary/aromatic N) is 4. The number of alkyl halides is 3. The molecule has 0 saturated carbocycles. The molecule has 1 N–H and O–H groups in total. The van der Waals surface area contributed by atoms with Gasteiger partial charge in [-0.15, -0.1) is 0 Å². The number of benzene rings is 3. The fourth-order valence-corrected chi connectivity index (χ4v) is 5.76. The Labute approximate surface area is 286 Å². The summed E-state index contributed by atoms with van der Waals surface area (Å²) in [4.78, 5) is 34.4. The van der Waals surface area contributed by atoms with Crippen molar-refractivity contribution in [1.82, 2.24) is 19.4 Å². The average Bonchev–Trinajstić information content (AvgIpc) is 3.41. The van der Waals surface area contributed by atoms with Crippen molar-refractivity contribution in [3.05, 3.63) is 113 Å². The summed E-state index contributed by atoms with van der Waals surface area (Å²) in [5.74, 6) is -0.746. The molecule has 1 saturated heterocycles. The molecule has 0 spiro atoms. The van der Waals surface area contributed by atoms with Crippen LogP contribution in [-0.4, -0.2) is 63.4 Å². The predicted molar refractivity (Wildman–Crippen MR) is 180 cm³/mol. The van der Waals surface area contributed by atoms with Gasteiger partial charge in [0.1, 0.15) is 23.0 Å². The largest absolute Gasteiger partial charge is 0.491 e. The Bertz CT molecular complexity index is 2000. The van der Waals surface area contributed by atoms with Gasteiger partial charge in [0.2, 0.25) is 5.88 Å². The standard InChI is InChI=1S/C37H35F4N5O4/c1-23(2)49-28-9-4-24(5-10-28)22-45-14-16-46(17-15-45)36(48)33-18-25-6-11-29(20-32(25)44(33)3)50-34-13-8-27(21-42-34)43-35(47)30-12-7-26(19-31(30)38)37(39,40)41/h4-13,18-21,23H,14-17,22H2,1-3H3,(H,43,47). The van der Waals surface area contributed by atoms with Gasteiger partial charge in [0.25, 0.3) is 11.8 Å². The minimum atomic E-state index is -4.73. The van der Waals surface area contributed by atoms with Gasteiger partial charge >= 0.3 is 6.18 Å². The Morgan fingerprint density at radius 2 is 1.62 bits per heavy atom. The lowest BCUT2D eigenvalue weighted by Crippen LogP contribution is -2.48. The number of pyridine rings is 1. The molecule has 13 heteroatoms. The molecule has 2 amide bonds. The van der Waals surface area contributed by atoms with Gasteiger partial charge in [0.05, 0.1) is 34.6 Å². The van der Waals surface area contributed by atoms with Crippen LogP contribution in [0.1, 0.15) is 45.8 Å². The van der Waals surface area contributed by atoms with Gasteiger partial charge < -0.3 is 24.3 Å². The SMILES string of the molecule is CC(C)Oc1ccc(CN2CCN(C(=O)c3cc4ccc(Oc5ccc(NC(=O)c6ccc(C(F)(F)F)cc6F)cn5)cc4n3C)CC2)cc1. The topological polar surface area (TPSA) is 88.9 Å². The number of piperazine rings is 1. The van der Waals surface area contributed by atoms with E-state index in [1.807, 2.05) is 54.6 Å². The highest BCUT2D eigenvalue weighted by atomic mass is 19.4. The fourth-order valence-electron chi connectivity index (χ4n) is 5.76. The third-order valence-corrected chi connectivity index (χ3v) is 8.35. The predicted octanol–water partition coefficient (Wildman–Crippen LogP) is 7.52. The van der Waals surface area contributed by atoms with Crippen molar-refractivity contribution in [2.24, 2.45) is 7.05 Å². The molecule has 0 aliphatic carbocycles. The highest BCUT2D eigenvalue weighted by Gasteiger charge is 2.32. The third kappa shape index (κ3) is 7.89. The molecule has 9 nitrogen and oxygen atoms in total. The molecule has 5 aromatic rings. The number of halogens is 4. The van der Waals surface area contributed by atoms with E-state index in [1.165, 1.54) is 23.9 Å². The first kappa shape index (κ1) is 34.4. The maximum atomic E-state index is 14.2. The highest BCUT2D eigenvalue weighted by Crippen LogP contribution is 2.31. The number of hydrogen-bond acceptors (Lipinski definition) is 6. The van der Waals surface area contributed by atoms with Crippen molar-refractivity contribution < 1.29 is 36.6 Å². The van der Waals surface area contributed by atoms with E-state index in [0.29, 0.717) is 30.6 Å². The lowest BCUT2D eigenvalue weighted by atomic mass is 10.1. The number of aromatic nitrogens is 2. The van der Waals surface area contributed by atoms with Crippen LogP contribution < -0.4 is 14.8 Å². The number of carbonyl (C=O) groups excluding carboxylic acids is 2. The number of fused-ring (bicyclic) bond motifs is 1. The molecule has 3 heterocycles. The number of hydrogen-bond donors (Lipinski definition) is 1. The van der Waals surface area contributed by atoms with Crippen molar-refractivity contribution in [2.75, 3.05) is 31.5 Å². The number of amides is 2. The molecule has 1 aliphatic rings. The van der Waals surface area contributed by atoms with E-state index < -0.39 is 29.0 Å². The Hall–Kier alpha value is -5.43. The van der Waals surface area contributed by atoms with E-state index in [0.717, 1.165) is 42.4 Å². The first-order valence-corrected chi connectivity index (χ1v) is 16.0. The number of ether oxygens (including phenoxy) is 2. The Morgan fingerprint density at radius 3 is 2.26 bits per heavy atom. The molecular weight excluding hydrogens is 654 g/mol. The van der Waals surface area contributed by atoms with Crippen LogP contribution in [-0.2, 0) is 19.8 Å². The molecule has 0 unspecified atom stereocenters. The van der Waals surface area contributed by atoms with Crippen molar-refractivity contribution in [2.45, 2.75) is 32.7 Å². The third-order valence-electron chi connectivity index (χ3n) is 8.35. The summed E-state index contributed by atoms with van der Waals surface area (Å²) in [6, 6.07) is 20.0. The first-order valence-electron chi connectivity index (χ1n) is 16.0. The zero-order chi connectivity index (χ0) is 35.6. The molecule has 1 fully saturated rings. The summed E-state index contributed by atoms with van der Waals surface area (Å²) in [5, 5.41) is 3.28. The van der Waals surface area contributed by atoms with E-state index in [2.05, 4.69) is 27.3 Å². The van der Waals surface area contributed by atoms with Gasteiger partial charge in [0, 0.05) is 57.3 Å². The number of aryl methyl sites for hydroxylation is 1. The Morgan fingerprint density at radius 1 is 0.900 bits per heavy atom. The van der Waals surface area contributed by atoms with E-state index in [-0.39, 0.29) is 29.6 Å². The number of carbonyl (C=O) groups is 2. The summed E-state index contributed by atoms with van der Waals surface area (Å²) >= 11 is 0. The number of rotatable bonds is 9. The van der Waals surface area contributed by atoms with E-state index in [1.54, 1.807) is 12.1 Å². The van der Waals surface area contributed by atoms with Crippen LogP contribution in [0.5, 0.6) is 17.4 Å². The average molecular weight is 690 g/mol. The zero-order valence-corrected chi connectivity index (χ0v) is 27.6. The fraction of sp³-hybridized carbons (Fsp3) is 0.270. The van der Waals surface area contributed by atoms with E-state index in [4.69, 9.17) is 9.47 Å². The van der Waals surface area contributed by atoms with Crippen LogP contribution in [0.3, 0.4) is 0 Å². The highest BCUT2D eigenvalue weighted by molar-refractivity contribution is 6.04. The molecule has 0 radical (unpaired) electrons. The maximum Gasteiger partial charge on any atom is 0.416 e. The van der Waals surface area contributed by atoms with E-state index >= 15 is 0 Å². The van der Waals surface area contributed by atoms with Crippen LogP contribution >= 0.6 is 0 Å². The van der Waals surface area contributed by atoms with Crippen LogP contribution in [0.15, 0.2) is 85.1 Å². The minimum absolute atomic E-state index is 0.0449. The van der Waals surface area contributed by atoms with Crippen molar-refractivity contribution >= 4 is 28.4 Å². The summed E-state index contributed by atoms with van der Waals surface area (Å²) in [7, 11) is 1.83. The molecule has 3 aromatic carbocycles. The molecular formula is C37H35F4N5O4. The van der Waals surface area contributed by atoms with Crippen LogP contribution in [0.4, 0.5) is 23.2 Å². The Kier molecular flexibility index (Phi) is 9.78. The molecule has 0 atom stereocenters. The van der Waals surface area contributed by atoms with Crippen molar-refractivity contribution in [1.29, 1.82) is 0 Å². The first-order chi connectivity index (χ1) is 23.8. The second-order valence-corrected chi connectivity index (χ2v) is 12.3. The van der Waals surface area contributed by atoms with Gasteiger partial charge in [0.15, 0.2) is 0 Å². The normalized spacial score (nSPS) is 13.9. The molecule has 2 aromatic heterocycles. The molecule has 6 rings (SSSR count).